The van der Waals surface area contributed by atoms with Gasteiger partial charge in [0.2, 0.25) is 0 Å². The fraction of sp³-hybridized carbons (Fsp3) is 0.364. The quantitative estimate of drug-likeness (QED) is 0.652. The smallest absolute Gasteiger partial charge is 0.176 e. The molecule has 0 aliphatic rings. The number of ketones is 1. The molecule has 0 aliphatic heterocycles. The minimum Gasteiger partial charge on any atom is -0.398 e. The van der Waals surface area contributed by atoms with Crippen molar-refractivity contribution in [3.8, 4) is 0 Å². The van der Waals surface area contributed by atoms with Crippen molar-refractivity contribution in [2.45, 2.75) is 19.9 Å². The van der Waals surface area contributed by atoms with Crippen LogP contribution in [0.15, 0.2) is 22.7 Å². The third kappa shape index (κ3) is 3.64. The first kappa shape index (κ1) is 12.2. The molecule has 0 saturated heterocycles. The normalized spacial score (nSPS) is 10.7. The number of nitrogens with one attached hydrogen (secondary N) is 1. The number of hydrogen-bond acceptors (Lipinski definition) is 3. The maximum Gasteiger partial charge on any atom is 0.176 e. The lowest BCUT2D eigenvalue weighted by Gasteiger charge is -2.07. The van der Waals surface area contributed by atoms with Gasteiger partial charge in [0, 0.05) is 21.8 Å². The van der Waals surface area contributed by atoms with E-state index in [1.807, 2.05) is 13.8 Å². The fourth-order valence-electron chi connectivity index (χ4n) is 1.12. The Morgan fingerprint density at radius 1 is 1.53 bits per heavy atom. The van der Waals surface area contributed by atoms with Crippen molar-refractivity contribution in [3.05, 3.63) is 28.2 Å². The van der Waals surface area contributed by atoms with Crippen LogP contribution in [0.4, 0.5) is 5.69 Å². The molecule has 0 fully saturated rings. The number of halogens is 1. The molecule has 0 aliphatic carbocycles. The Bertz CT molecular complexity index is 364. The lowest BCUT2D eigenvalue weighted by Crippen LogP contribution is -2.29. The first-order chi connectivity index (χ1) is 7.00. The Labute approximate surface area is 98.2 Å². The van der Waals surface area contributed by atoms with E-state index in [0.717, 1.165) is 4.47 Å². The molecule has 0 saturated carbocycles. The molecule has 4 heteroatoms. The third-order valence-corrected chi connectivity index (χ3v) is 2.71. The highest BCUT2D eigenvalue weighted by Crippen LogP contribution is 2.20. The SMILES string of the molecule is CC(C)NCC(=O)c1ccc(Br)c(N)c1. The first-order valence-corrected chi connectivity index (χ1v) is 5.61. The van der Waals surface area contributed by atoms with Gasteiger partial charge < -0.3 is 11.1 Å². The van der Waals surface area contributed by atoms with E-state index in [2.05, 4.69) is 21.2 Å². The summed E-state index contributed by atoms with van der Waals surface area (Å²) in [7, 11) is 0. The summed E-state index contributed by atoms with van der Waals surface area (Å²) in [6.45, 7) is 4.35. The molecule has 0 bridgehead atoms. The summed E-state index contributed by atoms with van der Waals surface area (Å²) >= 11 is 3.29. The van der Waals surface area contributed by atoms with Crippen LogP contribution in [-0.4, -0.2) is 18.4 Å². The number of anilines is 1. The third-order valence-electron chi connectivity index (χ3n) is 1.99. The number of carbonyl (C=O) groups is 1. The maximum absolute atomic E-state index is 11.7. The van der Waals surface area contributed by atoms with Crippen LogP contribution >= 0.6 is 15.9 Å². The van der Waals surface area contributed by atoms with Gasteiger partial charge in [0.25, 0.3) is 0 Å². The zero-order chi connectivity index (χ0) is 11.4. The largest absolute Gasteiger partial charge is 0.398 e. The van der Waals surface area contributed by atoms with Crippen LogP contribution in [-0.2, 0) is 0 Å². The van der Waals surface area contributed by atoms with Crippen LogP contribution in [0.2, 0.25) is 0 Å². The fourth-order valence-corrected chi connectivity index (χ4v) is 1.36. The van der Waals surface area contributed by atoms with Crippen LogP contribution in [0.1, 0.15) is 24.2 Å². The van der Waals surface area contributed by atoms with Crippen molar-refractivity contribution < 1.29 is 4.79 Å². The molecule has 0 radical (unpaired) electrons. The summed E-state index contributed by atoms with van der Waals surface area (Å²) in [5, 5.41) is 3.08. The molecule has 0 atom stereocenters. The van der Waals surface area contributed by atoms with Gasteiger partial charge in [0.15, 0.2) is 5.78 Å². The molecule has 0 amide bonds. The highest BCUT2D eigenvalue weighted by Gasteiger charge is 2.07. The Balaban J connectivity index is 2.70. The summed E-state index contributed by atoms with van der Waals surface area (Å²) in [4.78, 5) is 11.7. The molecule has 0 aromatic heterocycles. The van der Waals surface area contributed by atoms with Gasteiger partial charge >= 0.3 is 0 Å². The van der Waals surface area contributed by atoms with Gasteiger partial charge in [-0.1, -0.05) is 19.9 Å². The highest BCUT2D eigenvalue weighted by atomic mass is 79.9. The van der Waals surface area contributed by atoms with Crippen molar-refractivity contribution >= 4 is 27.4 Å². The summed E-state index contributed by atoms with van der Waals surface area (Å²) < 4.78 is 0.816. The Morgan fingerprint density at radius 3 is 2.73 bits per heavy atom. The number of carbonyl (C=O) groups excluding carboxylic acids is 1. The zero-order valence-electron chi connectivity index (χ0n) is 8.88. The van der Waals surface area contributed by atoms with Gasteiger partial charge in [-0.25, -0.2) is 0 Å². The van der Waals surface area contributed by atoms with E-state index in [1.165, 1.54) is 0 Å². The van der Waals surface area contributed by atoms with Crippen LogP contribution in [0.3, 0.4) is 0 Å². The molecule has 0 spiro atoms. The topological polar surface area (TPSA) is 55.1 Å². The molecular formula is C11H15BrN2O. The molecule has 1 aromatic carbocycles. The van der Waals surface area contributed by atoms with E-state index in [9.17, 15) is 4.79 Å². The molecule has 15 heavy (non-hydrogen) atoms. The lowest BCUT2D eigenvalue weighted by molar-refractivity contribution is 0.0988. The summed E-state index contributed by atoms with van der Waals surface area (Å²) in [6, 6.07) is 5.55. The minimum absolute atomic E-state index is 0.0582. The van der Waals surface area contributed by atoms with Gasteiger partial charge in [-0.3, -0.25) is 4.79 Å². The van der Waals surface area contributed by atoms with E-state index < -0.39 is 0 Å². The first-order valence-electron chi connectivity index (χ1n) is 4.82. The number of hydrogen-bond donors (Lipinski definition) is 2. The number of nitrogen functional groups attached to an aromatic ring is 1. The van der Waals surface area contributed by atoms with E-state index in [4.69, 9.17) is 5.73 Å². The molecule has 3 N–H and O–H groups in total. The van der Waals surface area contributed by atoms with Crippen molar-refractivity contribution in [2.75, 3.05) is 12.3 Å². The predicted octanol–water partition coefficient (Wildman–Crippen LogP) is 2.21. The van der Waals surface area contributed by atoms with Crippen molar-refractivity contribution in [3.63, 3.8) is 0 Å². The van der Waals surface area contributed by atoms with Gasteiger partial charge in [-0.2, -0.15) is 0 Å². The van der Waals surface area contributed by atoms with Crippen LogP contribution in [0.5, 0.6) is 0 Å². The Hall–Kier alpha value is -0.870. The number of benzene rings is 1. The summed E-state index contributed by atoms with van der Waals surface area (Å²) in [5.74, 6) is 0.0582. The van der Waals surface area contributed by atoms with E-state index in [1.54, 1.807) is 18.2 Å². The van der Waals surface area contributed by atoms with E-state index in [-0.39, 0.29) is 5.78 Å². The number of rotatable bonds is 4. The van der Waals surface area contributed by atoms with Gasteiger partial charge in [-0.05, 0) is 28.1 Å². The summed E-state index contributed by atoms with van der Waals surface area (Å²) in [6.07, 6.45) is 0. The van der Waals surface area contributed by atoms with Crippen molar-refractivity contribution in [1.82, 2.24) is 5.32 Å². The average Bonchev–Trinajstić information content (AvgIpc) is 2.18. The minimum atomic E-state index is 0.0582. The van der Waals surface area contributed by atoms with Crippen molar-refractivity contribution in [1.29, 1.82) is 0 Å². The Morgan fingerprint density at radius 2 is 2.20 bits per heavy atom. The Kier molecular flexibility index (Phi) is 4.29. The highest BCUT2D eigenvalue weighted by molar-refractivity contribution is 9.10. The zero-order valence-corrected chi connectivity index (χ0v) is 10.5. The monoisotopic (exact) mass is 270 g/mol. The molecule has 0 unspecified atom stereocenters. The van der Waals surface area contributed by atoms with Gasteiger partial charge in [-0.15, -0.1) is 0 Å². The maximum atomic E-state index is 11.7. The second-order valence-corrected chi connectivity index (χ2v) is 4.55. The predicted molar refractivity (Wildman–Crippen MR) is 66.0 cm³/mol. The van der Waals surface area contributed by atoms with Crippen LogP contribution in [0.25, 0.3) is 0 Å². The molecule has 82 valence electrons. The lowest BCUT2D eigenvalue weighted by atomic mass is 10.1. The average molecular weight is 271 g/mol. The molecule has 3 nitrogen and oxygen atoms in total. The molecule has 1 aromatic rings. The molecule has 0 heterocycles. The second-order valence-electron chi connectivity index (χ2n) is 3.70. The number of nitrogens with two attached hydrogens (primary N) is 1. The standard InChI is InChI=1S/C11H15BrN2O/c1-7(2)14-6-11(15)8-3-4-9(12)10(13)5-8/h3-5,7,14H,6,13H2,1-2H3. The van der Waals surface area contributed by atoms with Crippen molar-refractivity contribution in [2.24, 2.45) is 0 Å². The van der Waals surface area contributed by atoms with E-state index >= 15 is 0 Å². The van der Waals surface area contributed by atoms with Gasteiger partial charge in [0.05, 0.1) is 6.54 Å². The van der Waals surface area contributed by atoms with Gasteiger partial charge in [0.1, 0.15) is 0 Å². The summed E-state index contributed by atoms with van der Waals surface area (Å²) in [5.41, 5.74) is 6.93. The molecule has 1 rings (SSSR count). The van der Waals surface area contributed by atoms with Crippen LogP contribution < -0.4 is 11.1 Å². The van der Waals surface area contributed by atoms with Crippen LogP contribution in [0, 0.1) is 0 Å². The second kappa shape index (κ2) is 5.28. The molecular weight excluding hydrogens is 256 g/mol. The van der Waals surface area contributed by atoms with E-state index in [0.29, 0.717) is 23.8 Å². The number of Topliss-reactive ketones (excluding diaryl/α,β-unsaturated/α-hetero) is 1.